The number of carbonyl (C=O) groups excluding carboxylic acids is 1. The van der Waals surface area contributed by atoms with Crippen molar-refractivity contribution in [2.45, 2.75) is 6.92 Å². The van der Waals surface area contributed by atoms with Crippen LogP contribution in [0.2, 0.25) is 0 Å². The Kier molecular flexibility index (Phi) is 5.35. The van der Waals surface area contributed by atoms with E-state index in [-0.39, 0.29) is 12.3 Å². The number of esters is 1. The molecule has 9 heteroatoms. The van der Waals surface area contributed by atoms with Gasteiger partial charge in [-0.3, -0.25) is 0 Å². The maximum absolute atomic E-state index is 12.2. The smallest absolute Gasteiger partial charge is 0.434 e. The van der Waals surface area contributed by atoms with Gasteiger partial charge in [0.15, 0.2) is 11.5 Å². The van der Waals surface area contributed by atoms with E-state index in [1.54, 1.807) is 32.2 Å². The second kappa shape index (κ2) is 7.44. The highest BCUT2D eigenvalue weighted by atomic mass is 16.5. The first-order chi connectivity index (χ1) is 11.5. The van der Waals surface area contributed by atoms with Crippen molar-refractivity contribution in [1.82, 2.24) is 10.0 Å². The molecule has 1 N–H and O–H groups in total. The third-order valence-corrected chi connectivity index (χ3v) is 3.17. The molecule has 0 aliphatic rings. The van der Waals surface area contributed by atoms with Crippen LogP contribution in [0, 0.1) is 0 Å². The lowest BCUT2D eigenvalue weighted by atomic mass is 10.2. The number of carbonyl (C=O) groups is 1. The SMILES string of the molecule is CCOC(=O)c1c(=O)n(N=Cc2ccc(OC)c(OC)c2)[nH][n+]1C. The van der Waals surface area contributed by atoms with E-state index >= 15 is 0 Å². The molecule has 24 heavy (non-hydrogen) atoms. The normalized spacial score (nSPS) is 10.8. The molecule has 1 aromatic heterocycles. The quantitative estimate of drug-likeness (QED) is 0.458. The van der Waals surface area contributed by atoms with Gasteiger partial charge in [0.05, 0.1) is 27.0 Å². The number of ether oxygens (including phenoxy) is 3. The van der Waals surface area contributed by atoms with Crippen LogP contribution in [-0.2, 0) is 11.8 Å². The Balaban J connectivity index is 2.32. The monoisotopic (exact) mass is 335 g/mol. The average molecular weight is 335 g/mol. The van der Waals surface area contributed by atoms with Gasteiger partial charge in [-0.1, -0.05) is 10.3 Å². The van der Waals surface area contributed by atoms with E-state index in [1.165, 1.54) is 25.1 Å². The van der Waals surface area contributed by atoms with Gasteiger partial charge in [0.2, 0.25) is 0 Å². The number of rotatable bonds is 6. The number of methoxy groups -OCH3 is 2. The molecule has 0 radical (unpaired) electrons. The Labute approximate surface area is 138 Å². The van der Waals surface area contributed by atoms with Crippen LogP contribution < -0.4 is 19.7 Å². The zero-order chi connectivity index (χ0) is 17.7. The van der Waals surface area contributed by atoms with Crippen LogP contribution in [0.4, 0.5) is 0 Å². The molecular weight excluding hydrogens is 316 g/mol. The summed E-state index contributed by atoms with van der Waals surface area (Å²) in [5, 5.41) is 6.67. The standard InChI is InChI=1S/C15H18N4O5/c1-5-24-15(21)13-14(20)19(17-18(13)2)16-9-10-6-7-11(22-3)12(8-10)23-4/h6-9H,5H2,1-4H3/p+1. The van der Waals surface area contributed by atoms with Crippen molar-refractivity contribution in [1.29, 1.82) is 0 Å². The lowest BCUT2D eigenvalue weighted by Gasteiger charge is -2.06. The van der Waals surface area contributed by atoms with Crippen LogP contribution in [0.15, 0.2) is 28.1 Å². The summed E-state index contributed by atoms with van der Waals surface area (Å²) < 4.78 is 16.5. The number of nitrogens with one attached hydrogen (secondary N) is 1. The molecule has 128 valence electrons. The summed E-state index contributed by atoms with van der Waals surface area (Å²) in [4.78, 5) is 24.9. The second-order valence-corrected chi connectivity index (χ2v) is 4.70. The average Bonchev–Trinajstić information content (AvgIpc) is 2.86. The summed E-state index contributed by atoms with van der Waals surface area (Å²) in [6.07, 6.45) is 1.45. The molecular formula is C15H19N4O5+. The molecule has 0 unspecified atom stereocenters. The largest absolute Gasteiger partial charge is 0.493 e. The first-order valence-corrected chi connectivity index (χ1v) is 7.16. The van der Waals surface area contributed by atoms with Gasteiger partial charge < -0.3 is 14.2 Å². The Morgan fingerprint density at radius 2 is 2.04 bits per heavy atom. The molecule has 0 aliphatic carbocycles. The van der Waals surface area contributed by atoms with Gasteiger partial charge in [-0.2, -0.15) is 0 Å². The minimum Gasteiger partial charge on any atom is -0.493 e. The van der Waals surface area contributed by atoms with Gasteiger partial charge >= 0.3 is 17.2 Å². The summed E-state index contributed by atoms with van der Waals surface area (Å²) in [6, 6.07) is 5.19. The predicted octanol–water partition coefficient (Wildman–Crippen LogP) is 0.0770. The maximum Gasteiger partial charge on any atom is 0.434 e. The molecule has 0 atom stereocenters. The Bertz CT molecular complexity index is 822. The molecule has 1 aromatic carbocycles. The molecule has 0 saturated carbocycles. The van der Waals surface area contributed by atoms with Crippen molar-refractivity contribution >= 4 is 12.2 Å². The van der Waals surface area contributed by atoms with Crippen molar-refractivity contribution in [3.8, 4) is 11.5 Å². The number of benzene rings is 1. The zero-order valence-corrected chi connectivity index (χ0v) is 13.9. The molecule has 1 heterocycles. The number of hydrogen-bond donors (Lipinski definition) is 1. The van der Waals surface area contributed by atoms with Crippen LogP contribution in [0.3, 0.4) is 0 Å². The van der Waals surface area contributed by atoms with Crippen molar-refractivity contribution in [2.75, 3.05) is 20.8 Å². The number of nitrogens with zero attached hydrogens (tertiary/aromatic N) is 3. The second-order valence-electron chi connectivity index (χ2n) is 4.70. The van der Waals surface area contributed by atoms with E-state index < -0.39 is 11.5 Å². The molecule has 0 amide bonds. The number of H-pyrrole nitrogens is 1. The molecule has 0 aliphatic heterocycles. The molecule has 2 rings (SSSR count). The fourth-order valence-electron chi connectivity index (χ4n) is 2.04. The van der Waals surface area contributed by atoms with Crippen LogP contribution >= 0.6 is 0 Å². The minimum atomic E-state index is -0.707. The number of aryl methyl sites for hydroxylation is 1. The lowest BCUT2D eigenvalue weighted by molar-refractivity contribution is -0.734. The highest BCUT2D eigenvalue weighted by Gasteiger charge is 2.27. The van der Waals surface area contributed by atoms with E-state index in [9.17, 15) is 9.59 Å². The Hall–Kier alpha value is -3.10. The predicted molar refractivity (Wildman–Crippen MR) is 84.7 cm³/mol. The Morgan fingerprint density at radius 3 is 2.67 bits per heavy atom. The maximum atomic E-state index is 12.2. The summed E-state index contributed by atoms with van der Waals surface area (Å²) in [5.74, 6) is 0.419. The van der Waals surface area contributed by atoms with Crippen molar-refractivity contribution < 1.29 is 23.7 Å². The highest BCUT2D eigenvalue weighted by molar-refractivity contribution is 5.85. The molecule has 2 aromatic rings. The molecule has 9 nitrogen and oxygen atoms in total. The first-order valence-electron chi connectivity index (χ1n) is 7.16. The van der Waals surface area contributed by atoms with E-state index in [2.05, 4.69) is 10.3 Å². The summed E-state index contributed by atoms with van der Waals surface area (Å²) in [7, 11) is 4.59. The van der Waals surface area contributed by atoms with Gasteiger partial charge in [0.25, 0.3) is 0 Å². The summed E-state index contributed by atoms with van der Waals surface area (Å²) in [6.45, 7) is 1.84. The van der Waals surface area contributed by atoms with E-state index in [4.69, 9.17) is 14.2 Å². The third-order valence-electron chi connectivity index (χ3n) is 3.17. The van der Waals surface area contributed by atoms with E-state index in [0.717, 1.165) is 4.79 Å². The van der Waals surface area contributed by atoms with Crippen LogP contribution in [-0.4, -0.2) is 43.0 Å². The number of hydrogen-bond acceptors (Lipinski definition) is 6. The van der Waals surface area contributed by atoms with Gasteiger partial charge in [-0.25, -0.2) is 9.59 Å². The lowest BCUT2D eigenvalue weighted by Crippen LogP contribution is -2.39. The van der Waals surface area contributed by atoms with E-state index in [1.807, 2.05) is 0 Å². The van der Waals surface area contributed by atoms with Crippen LogP contribution in [0.5, 0.6) is 11.5 Å². The fourth-order valence-corrected chi connectivity index (χ4v) is 2.04. The van der Waals surface area contributed by atoms with Crippen molar-refractivity contribution in [3.05, 3.63) is 39.8 Å². The van der Waals surface area contributed by atoms with E-state index in [0.29, 0.717) is 17.1 Å². The molecule has 0 saturated heterocycles. The van der Waals surface area contributed by atoms with Crippen LogP contribution in [0.25, 0.3) is 0 Å². The van der Waals surface area contributed by atoms with Gasteiger partial charge in [-0.05, 0) is 25.1 Å². The van der Waals surface area contributed by atoms with Crippen molar-refractivity contribution in [2.24, 2.45) is 12.1 Å². The van der Waals surface area contributed by atoms with Crippen molar-refractivity contribution in [3.63, 3.8) is 0 Å². The van der Waals surface area contributed by atoms with Gasteiger partial charge in [0.1, 0.15) is 7.05 Å². The molecule has 0 bridgehead atoms. The minimum absolute atomic E-state index is 0.138. The third kappa shape index (κ3) is 3.45. The van der Waals surface area contributed by atoms with Crippen LogP contribution in [0.1, 0.15) is 23.0 Å². The topological polar surface area (TPSA) is 98.8 Å². The number of aromatic amines is 1. The summed E-state index contributed by atoms with van der Waals surface area (Å²) >= 11 is 0. The number of aromatic nitrogens is 3. The highest BCUT2D eigenvalue weighted by Crippen LogP contribution is 2.26. The molecule has 0 spiro atoms. The van der Waals surface area contributed by atoms with Gasteiger partial charge in [0, 0.05) is 10.4 Å². The fraction of sp³-hybridized carbons (Fsp3) is 0.333. The Morgan fingerprint density at radius 1 is 1.33 bits per heavy atom. The summed E-state index contributed by atoms with van der Waals surface area (Å²) in [5.41, 5.74) is -0.0523. The molecule has 0 fully saturated rings. The zero-order valence-electron chi connectivity index (χ0n) is 13.9. The van der Waals surface area contributed by atoms with Gasteiger partial charge in [-0.15, -0.1) is 4.68 Å². The first kappa shape index (κ1) is 17.3.